The first kappa shape index (κ1) is 14.2. The molecule has 2 N–H and O–H groups in total. The molecule has 0 aliphatic rings. The molecule has 1 aromatic heterocycles. The molecule has 1 aromatic carbocycles. The molecule has 8 heteroatoms. The molecule has 0 bridgehead atoms. The normalized spacial score (nSPS) is 11.4. The van der Waals surface area contributed by atoms with Gasteiger partial charge in [0.05, 0.1) is 6.54 Å². The molecule has 0 atom stereocenters. The number of carbonyl (C=O) groups is 1. The molecule has 20 heavy (non-hydrogen) atoms. The second-order valence-electron chi connectivity index (χ2n) is 3.83. The molecule has 0 unspecified atom stereocenters. The topological polar surface area (TPSA) is 96.6 Å². The van der Waals surface area contributed by atoms with Crippen molar-refractivity contribution < 1.29 is 27.1 Å². The van der Waals surface area contributed by atoms with Crippen molar-refractivity contribution in [3.63, 3.8) is 0 Å². The zero-order valence-electron chi connectivity index (χ0n) is 10.0. The molecule has 0 radical (unpaired) electrons. The molecule has 0 fully saturated rings. The molecule has 6 nitrogen and oxygen atoms in total. The highest BCUT2D eigenvalue weighted by Crippen LogP contribution is 2.14. The average Bonchev–Trinajstić information content (AvgIpc) is 2.86. The maximum atomic E-state index is 13.4. The standard InChI is InChI=1S/C12H10FNO5S/c13-9-3-1-2-4-11(9)20(17,18)14-7-8-5-6-10(19-8)12(15)16/h1-6,14H,7H2,(H,15,16). The monoisotopic (exact) mass is 299 g/mol. The van der Waals surface area contributed by atoms with Gasteiger partial charge >= 0.3 is 5.97 Å². The minimum atomic E-state index is -4.03. The Bertz CT molecular complexity index is 738. The lowest BCUT2D eigenvalue weighted by atomic mass is 10.4. The second kappa shape index (κ2) is 5.43. The molecule has 0 aliphatic heterocycles. The molecule has 2 rings (SSSR count). The Morgan fingerprint density at radius 3 is 2.55 bits per heavy atom. The van der Waals surface area contributed by atoms with Crippen molar-refractivity contribution in [1.82, 2.24) is 4.72 Å². The Morgan fingerprint density at radius 2 is 1.95 bits per heavy atom. The third-order valence-electron chi connectivity index (χ3n) is 2.44. The van der Waals surface area contributed by atoms with E-state index in [2.05, 4.69) is 4.72 Å². The van der Waals surface area contributed by atoms with Gasteiger partial charge in [-0.15, -0.1) is 0 Å². The van der Waals surface area contributed by atoms with Gasteiger partial charge in [-0.2, -0.15) is 0 Å². The summed E-state index contributed by atoms with van der Waals surface area (Å²) >= 11 is 0. The van der Waals surface area contributed by atoms with Crippen molar-refractivity contribution in [1.29, 1.82) is 0 Å². The van der Waals surface area contributed by atoms with Gasteiger partial charge in [-0.05, 0) is 24.3 Å². The van der Waals surface area contributed by atoms with Crippen LogP contribution in [0.4, 0.5) is 4.39 Å². The Balaban J connectivity index is 2.13. The first-order valence-electron chi connectivity index (χ1n) is 5.46. The summed E-state index contributed by atoms with van der Waals surface area (Å²) in [5.41, 5.74) is 0. The summed E-state index contributed by atoms with van der Waals surface area (Å²) in [5, 5.41) is 8.66. The van der Waals surface area contributed by atoms with Crippen LogP contribution in [0.15, 0.2) is 45.7 Å². The van der Waals surface area contributed by atoms with Gasteiger partial charge in [0.2, 0.25) is 15.8 Å². The van der Waals surface area contributed by atoms with Crippen LogP contribution < -0.4 is 4.72 Å². The fourth-order valence-electron chi connectivity index (χ4n) is 1.49. The minimum Gasteiger partial charge on any atom is -0.475 e. The van der Waals surface area contributed by atoms with Crippen molar-refractivity contribution in [3.8, 4) is 0 Å². The zero-order valence-corrected chi connectivity index (χ0v) is 10.9. The predicted octanol–water partition coefficient (Wildman–Crippen LogP) is 1.60. The summed E-state index contributed by atoms with van der Waals surface area (Å²) in [7, 11) is -4.03. The Morgan fingerprint density at radius 1 is 1.25 bits per heavy atom. The third-order valence-corrected chi connectivity index (χ3v) is 3.87. The third kappa shape index (κ3) is 3.03. The van der Waals surface area contributed by atoms with Crippen LogP contribution in [0.25, 0.3) is 0 Å². The molecule has 0 aliphatic carbocycles. The molecule has 0 amide bonds. The number of nitrogens with one attached hydrogen (secondary N) is 1. The number of hydrogen-bond donors (Lipinski definition) is 2. The van der Waals surface area contributed by atoms with E-state index >= 15 is 0 Å². The number of sulfonamides is 1. The van der Waals surface area contributed by atoms with Crippen LogP contribution in [0.2, 0.25) is 0 Å². The van der Waals surface area contributed by atoms with Crippen LogP contribution in [-0.4, -0.2) is 19.5 Å². The molecular formula is C12H10FNO5S. The van der Waals surface area contributed by atoms with Crippen LogP contribution >= 0.6 is 0 Å². The summed E-state index contributed by atoms with van der Waals surface area (Å²) in [5.74, 6) is -2.31. The number of benzene rings is 1. The van der Waals surface area contributed by atoms with E-state index < -0.39 is 26.7 Å². The maximum absolute atomic E-state index is 13.4. The summed E-state index contributed by atoms with van der Waals surface area (Å²) in [6, 6.07) is 7.46. The first-order valence-corrected chi connectivity index (χ1v) is 6.94. The van der Waals surface area contributed by atoms with Crippen molar-refractivity contribution >= 4 is 16.0 Å². The highest BCUT2D eigenvalue weighted by atomic mass is 32.2. The molecule has 0 saturated heterocycles. The summed E-state index contributed by atoms with van der Waals surface area (Å²) < 4.78 is 44.1. The van der Waals surface area contributed by atoms with Gasteiger partial charge < -0.3 is 9.52 Å². The fraction of sp³-hybridized carbons (Fsp3) is 0.0833. The largest absolute Gasteiger partial charge is 0.475 e. The zero-order chi connectivity index (χ0) is 14.8. The van der Waals surface area contributed by atoms with Crippen LogP contribution in [-0.2, 0) is 16.6 Å². The number of furan rings is 1. The second-order valence-corrected chi connectivity index (χ2v) is 5.56. The lowest BCUT2D eigenvalue weighted by Gasteiger charge is -2.05. The summed E-state index contributed by atoms with van der Waals surface area (Å²) in [6.07, 6.45) is 0. The van der Waals surface area contributed by atoms with E-state index in [1.165, 1.54) is 24.3 Å². The summed E-state index contributed by atoms with van der Waals surface area (Å²) in [4.78, 5) is 10.1. The van der Waals surface area contributed by atoms with Crippen molar-refractivity contribution in [2.75, 3.05) is 0 Å². The number of carboxylic acids is 1. The van der Waals surface area contributed by atoms with Crippen molar-refractivity contribution in [2.45, 2.75) is 11.4 Å². The molecule has 1 heterocycles. The van der Waals surface area contributed by atoms with E-state index in [-0.39, 0.29) is 18.1 Å². The summed E-state index contributed by atoms with van der Waals surface area (Å²) in [6.45, 7) is -0.274. The molecule has 0 spiro atoms. The van der Waals surface area contributed by atoms with Crippen LogP contribution in [0.3, 0.4) is 0 Å². The van der Waals surface area contributed by atoms with Gasteiger partial charge in [0.1, 0.15) is 16.5 Å². The number of hydrogen-bond acceptors (Lipinski definition) is 4. The number of halogens is 1. The van der Waals surface area contributed by atoms with E-state index in [9.17, 15) is 17.6 Å². The lowest BCUT2D eigenvalue weighted by Crippen LogP contribution is -2.23. The van der Waals surface area contributed by atoms with Gasteiger partial charge in [0.25, 0.3) is 0 Å². The van der Waals surface area contributed by atoms with Gasteiger partial charge in [0, 0.05) is 0 Å². The van der Waals surface area contributed by atoms with Crippen molar-refractivity contribution in [2.24, 2.45) is 0 Å². The van der Waals surface area contributed by atoms with Crippen molar-refractivity contribution in [3.05, 3.63) is 53.7 Å². The van der Waals surface area contributed by atoms with Gasteiger partial charge in [-0.3, -0.25) is 0 Å². The predicted molar refractivity (Wildman–Crippen MR) is 66.1 cm³/mol. The first-order chi connectivity index (χ1) is 9.40. The molecule has 2 aromatic rings. The highest BCUT2D eigenvalue weighted by molar-refractivity contribution is 7.89. The molecular weight excluding hydrogens is 289 g/mol. The average molecular weight is 299 g/mol. The Hall–Kier alpha value is -2.19. The van der Waals surface area contributed by atoms with E-state index in [4.69, 9.17) is 9.52 Å². The Kier molecular flexibility index (Phi) is 3.86. The van der Waals surface area contributed by atoms with Crippen LogP contribution in [0, 0.1) is 5.82 Å². The number of rotatable bonds is 5. The van der Waals surface area contributed by atoms with Gasteiger partial charge in [0.15, 0.2) is 0 Å². The lowest BCUT2D eigenvalue weighted by molar-refractivity contribution is 0.0660. The highest BCUT2D eigenvalue weighted by Gasteiger charge is 2.19. The minimum absolute atomic E-state index is 0.113. The maximum Gasteiger partial charge on any atom is 0.371 e. The van der Waals surface area contributed by atoms with Crippen LogP contribution in [0.5, 0.6) is 0 Å². The van der Waals surface area contributed by atoms with E-state index in [0.29, 0.717) is 0 Å². The number of aromatic carboxylic acids is 1. The van der Waals surface area contributed by atoms with E-state index in [1.54, 1.807) is 0 Å². The number of carboxylic acid groups (broad SMARTS) is 1. The Labute approximate surface area is 113 Å². The quantitative estimate of drug-likeness (QED) is 0.874. The molecule has 0 saturated carbocycles. The SMILES string of the molecule is O=C(O)c1ccc(CNS(=O)(=O)c2ccccc2F)o1. The molecule has 106 valence electrons. The van der Waals surface area contributed by atoms with Gasteiger partial charge in [-0.25, -0.2) is 22.3 Å². The smallest absolute Gasteiger partial charge is 0.371 e. The van der Waals surface area contributed by atoms with E-state index in [1.807, 2.05) is 0 Å². The van der Waals surface area contributed by atoms with E-state index in [0.717, 1.165) is 12.1 Å². The van der Waals surface area contributed by atoms with Gasteiger partial charge in [-0.1, -0.05) is 12.1 Å². The van der Waals surface area contributed by atoms with Crippen LogP contribution in [0.1, 0.15) is 16.3 Å². The fourth-order valence-corrected chi connectivity index (χ4v) is 2.56.